The molecule has 1 fully saturated rings. The predicted octanol–water partition coefficient (Wildman–Crippen LogP) is 1.08. The third kappa shape index (κ3) is 4.34. The highest BCUT2D eigenvalue weighted by Crippen LogP contribution is 2.41. The second-order valence-corrected chi connectivity index (χ2v) is 9.20. The molecular formula is C20H21N5O4S2. The number of aliphatic carboxylic acids is 1. The number of aromatic amines is 1. The first-order valence-corrected chi connectivity index (χ1v) is 11.7. The number of imidazole rings is 1. The fourth-order valence-corrected chi connectivity index (χ4v) is 5.94. The van der Waals surface area contributed by atoms with E-state index in [0.717, 1.165) is 5.69 Å². The van der Waals surface area contributed by atoms with Crippen molar-refractivity contribution in [3.05, 3.63) is 65.4 Å². The lowest BCUT2D eigenvalue weighted by molar-refractivity contribution is -0.150. The van der Waals surface area contributed by atoms with Gasteiger partial charge in [-0.15, -0.1) is 11.8 Å². The third-order valence-corrected chi connectivity index (χ3v) is 7.48. The summed E-state index contributed by atoms with van der Waals surface area (Å²) < 4.78 is 0. The minimum absolute atomic E-state index is 0.0173. The molecule has 9 nitrogen and oxygen atoms in total. The average Bonchev–Trinajstić information content (AvgIpc) is 3.30. The van der Waals surface area contributed by atoms with E-state index in [2.05, 4.69) is 15.3 Å². The van der Waals surface area contributed by atoms with Crippen molar-refractivity contribution >= 4 is 41.3 Å². The smallest absolute Gasteiger partial charge is 0.352 e. The van der Waals surface area contributed by atoms with Crippen molar-refractivity contribution in [1.29, 1.82) is 0 Å². The number of carbonyl (C=O) groups is 3. The Morgan fingerprint density at radius 1 is 1.35 bits per heavy atom. The number of amides is 2. The molecule has 0 unspecified atom stereocenters. The summed E-state index contributed by atoms with van der Waals surface area (Å²) in [7, 11) is 0. The number of thioether (sulfide) groups is 2. The Hall–Kier alpha value is -2.76. The van der Waals surface area contributed by atoms with Gasteiger partial charge in [-0.1, -0.05) is 30.3 Å². The predicted molar refractivity (Wildman–Crippen MR) is 118 cm³/mol. The van der Waals surface area contributed by atoms with Gasteiger partial charge < -0.3 is 21.1 Å². The zero-order valence-electron chi connectivity index (χ0n) is 16.4. The number of H-pyrrole nitrogens is 1. The van der Waals surface area contributed by atoms with Crippen LogP contribution in [0.25, 0.3) is 0 Å². The highest BCUT2D eigenvalue weighted by Gasteiger charge is 2.54. The first kappa shape index (κ1) is 21.5. The first-order valence-electron chi connectivity index (χ1n) is 9.53. The lowest BCUT2D eigenvalue weighted by atomic mass is 10.0. The van der Waals surface area contributed by atoms with Crippen LogP contribution in [0.15, 0.2) is 54.1 Å². The molecule has 4 rings (SSSR count). The van der Waals surface area contributed by atoms with Crippen LogP contribution in [0.4, 0.5) is 0 Å². The molecule has 1 saturated heterocycles. The van der Waals surface area contributed by atoms with Gasteiger partial charge in [-0.3, -0.25) is 14.5 Å². The first-order chi connectivity index (χ1) is 15.0. The molecule has 2 aliphatic heterocycles. The van der Waals surface area contributed by atoms with E-state index in [0.29, 0.717) is 28.4 Å². The Morgan fingerprint density at radius 3 is 2.81 bits per heavy atom. The van der Waals surface area contributed by atoms with Gasteiger partial charge >= 0.3 is 5.97 Å². The van der Waals surface area contributed by atoms with Gasteiger partial charge in [0.15, 0.2) is 0 Å². The van der Waals surface area contributed by atoms with E-state index in [9.17, 15) is 19.5 Å². The highest BCUT2D eigenvalue weighted by atomic mass is 32.2. The van der Waals surface area contributed by atoms with Gasteiger partial charge in [0, 0.05) is 29.1 Å². The molecule has 2 aromatic rings. The van der Waals surface area contributed by atoms with Gasteiger partial charge in [-0.05, 0) is 11.1 Å². The van der Waals surface area contributed by atoms with Crippen LogP contribution in [0.1, 0.15) is 17.3 Å². The zero-order valence-corrected chi connectivity index (χ0v) is 18.0. The van der Waals surface area contributed by atoms with Crippen molar-refractivity contribution in [3.63, 3.8) is 0 Å². The lowest BCUT2D eigenvalue weighted by Gasteiger charge is -2.49. The van der Waals surface area contributed by atoms with Crippen LogP contribution in [0.3, 0.4) is 0 Å². The van der Waals surface area contributed by atoms with Crippen LogP contribution in [0.5, 0.6) is 0 Å². The van der Waals surface area contributed by atoms with Gasteiger partial charge in [0.2, 0.25) is 5.91 Å². The Kier molecular flexibility index (Phi) is 6.35. The molecular weight excluding hydrogens is 438 g/mol. The molecule has 5 N–H and O–H groups in total. The topological polar surface area (TPSA) is 141 Å². The second-order valence-electron chi connectivity index (χ2n) is 7.11. The minimum atomic E-state index is -1.14. The Bertz CT molecular complexity index is 1010. The van der Waals surface area contributed by atoms with Crippen LogP contribution >= 0.6 is 23.5 Å². The number of nitrogens with two attached hydrogens (primary N) is 1. The number of aromatic nitrogens is 2. The number of nitrogens with one attached hydrogen (secondary N) is 2. The molecule has 0 radical (unpaired) electrons. The fourth-order valence-electron chi connectivity index (χ4n) is 3.50. The fraction of sp³-hybridized carbons (Fsp3) is 0.300. The number of carboxylic acids is 1. The molecule has 3 atom stereocenters. The van der Waals surface area contributed by atoms with Crippen LogP contribution in [-0.4, -0.2) is 60.7 Å². The molecule has 0 spiro atoms. The number of β-lactam (4-membered cyclic amide) rings is 1. The minimum Gasteiger partial charge on any atom is -0.477 e. The van der Waals surface area contributed by atoms with E-state index in [-0.39, 0.29) is 5.70 Å². The molecule has 1 aromatic carbocycles. The number of carboxylic acid groups (broad SMARTS) is 1. The normalized spacial score (nSPS) is 21.3. The number of nitrogens with zero attached hydrogens (tertiary/aromatic N) is 2. The van der Waals surface area contributed by atoms with E-state index in [1.54, 1.807) is 48.6 Å². The molecule has 1 aromatic heterocycles. The highest BCUT2D eigenvalue weighted by molar-refractivity contribution is 8.00. The summed E-state index contributed by atoms with van der Waals surface area (Å²) in [5.74, 6) is -0.412. The van der Waals surface area contributed by atoms with Crippen molar-refractivity contribution in [2.24, 2.45) is 5.73 Å². The van der Waals surface area contributed by atoms with E-state index in [1.165, 1.54) is 16.7 Å². The largest absolute Gasteiger partial charge is 0.477 e. The zero-order chi connectivity index (χ0) is 22.0. The third-order valence-electron chi connectivity index (χ3n) is 5.08. The number of rotatable bonds is 8. The molecule has 2 amide bonds. The summed E-state index contributed by atoms with van der Waals surface area (Å²) in [6.07, 6.45) is 3.31. The van der Waals surface area contributed by atoms with E-state index >= 15 is 0 Å². The number of hydrogen-bond acceptors (Lipinski definition) is 7. The lowest BCUT2D eigenvalue weighted by Crippen LogP contribution is -2.71. The quantitative estimate of drug-likeness (QED) is 0.430. The summed E-state index contributed by atoms with van der Waals surface area (Å²) in [6.45, 7) is 0. The summed E-state index contributed by atoms with van der Waals surface area (Å²) in [5.41, 5.74) is 8.31. The average molecular weight is 460 g/mol. The Labute approximate surface area is 186 Å². The Morgan fingerprint density at radius 2 is 2.13 bits per heavy atom. The number of fused-ring (bicyclic) bond motifs is 1. The molecule has 162 valence electrons. The van der Waals surface area contributed by atoms with Crippen LogP contribution in [0, 0.1) is 0 Å². The van der Waals surface area contributed by atoms with Gasteiger partial charge in [0.05, 0.1) is 6.33 Å². The molecule has 31 heavy (non-hydrogen) atoms. The number of benzene rings is 1. The van der Waals surface area contributed by atoms with Gasteiger partial charge in [-0.25, -0.2) is 9.78 Å². The standard InChI is InChI=1S/C20H21N5O4S2/c21-14(11-4-2-1-3-5-11)17(26)24-15-18(27)25-16(20(28)29)12(8-31-19(15)25)7-30-9-13-6-22-10-23-13/h1-6,10,14-15,19H,7-9,21H2,(H,22,23)(H,24,26)(H,28,29)/t14-,15-,19-/m1/s1. The molecule has 2 aliphatic rings. The van der Waals surface area contributed by atoms with E-state index in [4.69, 9.17) is 5.73 Å². The van der Waals surface area contributed by atoms with Gasteiger partial charge in [0.25, 0.3) is 5.91 Å². The molecule has 0 bridgehead atoms. The number of carbonyl (C=O) groups excluding carboxylic acids is 2. The summed E-state index contributed by atoms with van der Waals surface area (Å²) in [6, 6.07) is 7.18. The maximum atomic E-state index is 12.8. The monoisotopic (exact) mass is 459 g/mol. The van der Waals surface area contributed by atoms with Crippen molar-refractivity contribution in [2.45, 2.75) is 23.2 Å². The summed E-state index contributed by atoms with van der Waals surface area (Å²) in [5, 5.41) is 12.0. The maximum absolute atomic E-state index is 12.8. The maximum Gasteiger partial charge on any atom is 0.352 e. The molecule has 3 heterocycles. The van der Waals surface area contributed by atoms with Crippen molar-refractivity contribution in [1.82, 2.24) is 20.2 Å². The van der Waals surface area contributed by atoms with Crippen LogP contribution < -0.4 is 11.1 Å². The molecule has 0 aliphatic carbocycles. The van der Waals surface area contributed by atoms with Crippen molar-refractivity contribution < 1.29 is 19.5 Å². The molecule has 11 heteroatoms. The number of hydrogen-bond donors (Lipinski definition) is 4. The summed E-state index contributed by atoms with van der Waals surface area (Å²) in [4.78, 5) is 45.5. The van der Waals surface area contributed by atoms with Crippen LogP contribution in [-0.2, 0) is 20.1 Å². The van der Waals surface area contributed by atoms with E-state index < -0.39 is 35.2 Å². The Balaban J connectivity index is 1.42. The van der Waals surface area contributed by atoms with Crippen molar-refractivity contribution in [3.8, 4) is 0 Å². The molecule has 0 saturated carbocycles. The van der Waals surface area contributed by atoms with Crippen molar-refractivity contribution in [2.75, 3.05) is 11.5 Å². The van der Waals surface area contributed by atoms with E-state index in [1.807, 2.05) is 6.07 Å². The van der Waals surface area contributed by atoms with Crippen LogP contribution in [0.2, 0.25) is 0 Å². The van der Waals surface area contributed by atoms with Gasteiger partial charge in [0.1, 0.15) is 23.2 Å². The SMILES string of the molecule is N[C@@H](C(=O)N[C@@H]1C(=O)N2C(C(=O)O)=C(CSCc3cnc[nH]3)CS[C@H]12)c1ccccc1. The second kappa shape index (κ2) is 9.16. The van der Waals surface area contributed by atoms with Gasteiger partial charge in [-0.2, -0.15) is 11.8 Å². The summed E-state index contributed by atoms with van der Waals surface area (Å²) >= 11 is 3.00.